The fourth-order valence-electron chi connectivity index (χ4n) is 5.59. The van der Waals surface area contributed by atoms with Crippen molar-refractivity contribution in [1.29, 1.82) is 0 Å². The van der Waals surface area contributed by atoms with Gasteiger partial charge in [0.2, 0.25) is 15.7 Å². The normalized spacial score (nSPS) is 17.2. The first-order chi connectivity index (χ1) is 20.9. The lowest BCUT2D eigenvalue weighted by atomic mass is 10.1. The lowest BCUT2D eigenvalue weighted by Crippen LogP contribution is -2.54. The van der Waals surface area contributed by atoms with Crippen molar-refractivity contribution >= 4 is 32.6 Å². The van der Waals surface area contributed by atoms with Crippen molar-refractivity contribution < 1.29 is 27.1 Å². The molecule has 4 heterocycles. The Kier molecular flexibility index (Phi) is 7.19. The van der Waals surface area contributed by atoms with Gasteiger partial charge in [-0.1, -0.05) is 12.6 Å². The van der Waals surface area contributed by atoms with Crippen molar-refractivity contribution in [1.82, 2.24) is 24.4 Å². The van der Waals surface area contributed by atoms with Crippen LogP contribution in [0.15, 0.2) is 59.0 Å². The number of aromatic hydroxyl groups is 1. The maximum atomic E-state index is 15.9. The molecule has 228 valence electrons. The van der Waals surface area contributed by atoms with E-state index in [4.69, 9.17) is 0 Å². The minimum absolute atomic E-state index is 0.0371. The van der Waals surface area contributed by atoms with Gasteiger partial charge in [0.25, 0.3) is 0 Å². The number of piperazine rings is 1. The highest BCUT2D eigenvalue weighted by Gasteiger charge is 2.40. The van der Waals surface area contributed by atoms with E-state index in [1.54, 1.807) is 16.7 Å². The number of fused-ring (bicyclic) bond motifs is 1. The third-order valence-electron chi connectivity index (χ3n) is 7.96. The minimum atomic E-state index is -3.95. The van der Waals surface area contributed by atoms with Gasteiger partial charge in [-0.05, 0) is 62.6 Å². The number of aryl methyl sites for hydroxylation is 1. The van der Waals surface area contributed by atoms with Crippen LogP contribution in [0.1, 0.15) is 25.3 Å². The molecule has 1 saturated heterocycles. The fourth-order valence-corrected chi connectivity index (χ4v) is 7.39. The molecule has 1 N–H and O–H groups in total. The Morgan fingerprint density at radius 3 is 2.55 bits per heavy atom. The van der Waals surface area contributed by atoms with E-state index in [2.05, 4.69) is 21.5 Å². The van der Waals surface area contributed by atoms with Crippen molar-refractivity contribution in [2.45, 2.75) is 43.0 Å². The lowest BCUT2D eigenvalue weighted by Gasteiger charge is -2.40. The number of benzene rings is 1. The number of amides is 1. The SMILES string of the molecule is C=CC(=O)N1CCN(c2nc(=O)n(-c3c(C)ccnc3S(=O)(=O)C3CC3)c3nc(-c4c(O)cccc4F)c(F)cc23)[C@@H](C)C1. The predicted molar refractivity (Wildman–Crippen MR) is 158 cm³/mol. The number of rotatable bonds is 6. The van der Waals surface area contributed by atoms with Crippen molar-refractivity contribution in [3.05, 3.63) is 76.9 Å². The van der Waals surface area contributed by atoms with Crippen molar-refractivity contribution in [2.75, 3.05) is 24.5 Å². The molecule has 0 bridgehead atoms. The van der Waals surface area contributed by atoms with Gasteiger partial charge in [0.1, 0.15) is 23.1 Å². The Morgan fingerprint density at radius 2 is 1.89 bits per heavy atom. The molecule has 1 aliphatic heterocycles. The molecule has 6 rings (SSSR count). The van der Waals surface area contributed by atoms with Gasteiger partial charge < -0.3 is 14.9 Å². The molecule has 3 aromatic heterocycles. The Balaban J connectivity index is 1.66. The van der Waals surface area contributed by atoms with Crippen LogP contribution in [0.5, 0.6) is 5.75 Å². The van der Waals surface area contributed by atoms with Gasteiger partial charge in [0.05, 0.1) is 21.9 Å². The molecule has 4 aromatic rings. The summed E-state index contributed by atoms with van der Waals surface area (Å²) < 4.78 is 58.8. The summed E-state index contributed by atoms with van der Waals surface area (Å²) in [6.07, 6.45) is 3.43. The number of pyridine rings is 2. The van der Waals surface area contributed by atoms with Crippen LogP contribution in [0.25, 0.3) is 28.0 Å². The van der Waals surface area contributed by atoms with Gasteiger partial charge in [0.15, 0.2) is 16.5 Å². The summed E-state index contributed by atoms with van der Waals surface area (Å²) in [6, 6.07) is 5.64. The maximum absolute atomic E-state index is 15.9. The maximum Gasteiger partial charge on any atom is 0.355 e. The van der Waals surface area contributed by atoms with E-state index in [0.717, 1.165) is 16.7 Å². The van der Waals surface area contributed by atoms with Crippen molar-refractivity contribution in [2.24, 2.45) is 0 Å². The van der Waals surface area contributed by atoms with Crippen LogP contribution in [0.4, 0.5) is 14.6 Å². The minimum Gasteiger partial charge on any atom is -0.507 e. The second kappa shape index (κ2) is 10.8. The number of hydrogen-bond donors (Lipinski definition) is 1. The Hall–Kier alpha value is -4.72. The summed E-state index contributed by atoms with van der Waals surface area (Å²) in [6.45, 7) is 7.70. The second-order valence-corrected chi connectivity index (χ2v) is 13.1. The number of halogens is 2. The fraction of sp³-hybridized carbons (Fsp3) is 0.300. The van der Waals surface area contributed by atoms with E-state index in [1.807, 2.05) is 6.92 Å². The molecule has 0 unspecified atom stereocenters. The predicted octanol–water partition coefficient (Wildman–Crippen LogP) is 3.29. The third kappa shape index (κ3) is 4.78. The number of phenols is 1. The van der Waals surface area contributed by atoms with Crippen molar-refractivity contribution in [3.63, 3.8) is 0 Å². The molecule has 1 aliphatic carbocycles. The van der Waals surface area contributed by atoms with Crippen LogP contribution in [-0.2, 0) is 14.6 Å². The number of nitrogens with zero attached hydrogens (tertiary/aromatic N) is 6. The Labute approximate surface area is 251 Å². The molecular weight excluding hydrogens is 594 g/mol. The van der Waals surface area contributed by atoms with Gasteiger partial charge in [-0.3, -0.25) is 4.79 Å². The van der Waals surface area contributed by atoms with Crippen LogP contribution in [-0.4, -0.2) is 74.8 Å². The van der Waals surface area contributed by atoms with E-state index in [9.17, 15) is 27.5 Å². The number of anilines is 1. The standard InChI is InChI=1S/C30H28F2N6O5S/c1-4-23(40)36-12-13-37(17(3)15-36)27-19-14-21(32)25(24-20(31)6-5-7-22(24)39)34-28(19)38(30(41)35-27)26-16(2)10-11-33-29(26)44(42,43)18-8-9-18/h4-7,10-11,14,17-18,39H,1,8-9,12-13,15H2,2-3H3/t17-/m0/s1. The van der Waals surface area contributed by atoms with Crippen LogP contribution >= 0.6 is 0 Å². The zero-order valence-electron chi connectivity index (χ0n) is 23.9. The molecule has 0 radical (unpaired) electrons. The quantitative estimate of drug-likeness (QED) is 0.321. The van der Waals surface area contributed by atoms with E-state index >= 15 is 4.39 Å². The molecule has 1 atom stereocenters. The first kappa shape index (κ1) is 29.4. The monoisotopic (exact) mass is 622 g/mol. The first-order valence-corrected chi connectivity index (χ1v) is 15.5. The molecule has 11 nitrogen and oxygen atoms in total. The average Bonchev–Trinajstić information content (AvgIpc) is 3.84. The van der Waals surface area contributed by atoms with E-state index in [0.29, 0.717) is 18.4 Å². The lowest BCUT2D eigenvalue weighted by molar-refractivity contribution is -0.126. The summed E-state index contributed by atoms with van der Waals surface area (Å²) in [7, 11) is -3.95. The number of carbonyl (C=O) groups excluding carboxylic acids is 1. The van der Waals surface area contributed by atoms with Crippen LogP contribution in [0.2, 0.25) is 0 Å². The second-order valence-electron chi connectivity index (χ2n) is 10.9. The van der Waals surface area contributed by atoms with Crippen LogP contribution < -0.4 is 10.6 Å². The van der Waals surface area contributed by atoms with E-state index < -0.39 is 49.4 Å². The summed E-state index contributed by atoms with van der Waals surface area (Å²) >= 11 is 0. The Bertz CT molecular complexity index is 2010. The summed E-state index contributed by atoms with van der Waals surface area (Å²) in [5.41, 5.74) is -1.97. The van der Waals surface area contributed by atoms with Gasteiger partial charge in [0, 0.05) is 31.9 Å². The number of hydrogen-bond acceptors (Lipinski definition) is 9. The number of carbonyl (C=O) groups is 1. The van der Waals surface area contributed by atoms with Gasteiger partial charge in [-0.2, -0.15) is 4.98 Å². The highest BCUT2D eigenvalue weighted by molar-refractivity contribution is 7.92. The highest BCUT2D eigenvalue weighted by Crippen LogP contribution is 2.39. The molecular formula is C30H28F2N6O5S. The zero-order chi connectivity index (χ0) is 31.5. The number of sulfone groups is 1. The molecule has 2 fully saturated rings. The van der Waals surface area contributed by atoms with Crippen LogP contribution in [0, 0.1) is 18.6 Å². The Morgan fingerprint density at radius 1 is 1.14 bits per heavy atom. The van der Waals surface area contributed by atoms with Gasteiger partial charge in [-0.15, -0.1) is 0 Å². The van der Waals surface area contributed by atoms with Crippen LogP contribution in [0.3, 0.4) is 0 Å². The molecule has 44 heavy (non-hydrogen) atoms. The molecule has 14 heteroatoms. The molecule has 1 saturated carbocycles. The molecule has 2 aliphatic rings. The first-order valence-electron chi connectivity index (χ1n) is 13.9. The molecule has 1 amide bonds. The summed E-state index contributed by atoms with van der Waals surface area (Å²) in [5, 5.41) is 9.50. The molecule has 1 aromatic carbocycles. The number of aromatic nitrogens is 4. The largest absolute Gasteiger partial charge is 0.507 e. The topological polar surface area (TPSA) is 139 Å². The highest BCUT2D eigenvalue weighted by atomic mass is 32.2. The molecule has 0 spiro atoms. The zero-order valence-corrected chi connectivity index (χ0v) is 24.7. The average molecular weight is 623 g/mol. The van der Waals surface area contributed by atoms with E-state index in [-0.39, 0.29) is 59.1 Å². The van der Waals surface area contributed by atoms with Gasteiger partial charge >= 0.3 is 5.69 Å². The third-order valence-corrected chi connectivity index (χ3v) is 10.2. The van der Waals surface area contributed by atoms with Crippen molar-refractivity contribution in [3.8, 4) is 22.7 Å². The summed E-state index contributed by atoms with van der Waals surface area (Å²) in [5.74, 6) is -2.74. The van der Waals surface area contributed by atoms with E-state index in [1.165, 1.54) is 30.5 Å². The smallest absolute Gasteiger partial charge is 0.355 e. The number of phenolic OH excluding ortho intramolecular Hbond substituents is 1. The van der Waals surface area contributed by atoms with Gasteiger partial charge in [-0.25, -0.2) is 36.5 Å². The summed E-state index contributed by atoms with van der Waals surface area (Å²) in [4.78, 5) is 42.4.